The maximum absolute atomic E-state index is 13.6. The summed E-state index contributed by atoms with van der Waals surface area (Å²) < 4.78 is 18.2. The minimum Gasteiger partial charge on any atom is -0.453 e. The van der Waals surface area contributed by atoms with Crippen LogP contribution in [0.1, 0.15) is 37.7 Å². The summed E-state index contributed by atoms with van der Waals surface area (Å²) in [7, 11) is 1.23. The van der Waals surface area contributed by atoms with Crippen LogP contribution >= 0.6 is 11.6 Å². The number of alkyl carbamates (subject to hydrolysis) is 1. The van der Waals surface area contributed by atoms with Crippen LogP contribution in [0.25, 0.3) is 0 Å². The Morgan fingerprint density at radius 3 is 2.67 bits per heavy atom. The molecule has 24 heavy (non-hydrogen) atoms. The fourth-order valence-electron chi connectivity index (χ4n) is 2.86. The zero-order valence-corrected chi connectivity index (χ0v) is 14.4. The van der Waals surface area contributed by atoms with Crippen LogP contribution in [0.5, 0.6) is 0 Å². The van der Waals surface area contributed by atoms with Crippen molar-refractivity contribution < 1.29 is 18.7 Å². The first-order valence-electron chi connectivity index (χ1n) is 8.08. The lowest BCUT2D eigenvalue weighted by Crippen LogP contribution is -2.51. The lowest BCUT2D eigenvalue weighted by molar-refractivity contribution is -0.124. The van der Waals surface area contributed by atoms with Gasteiger partial charge in [0, 0.05) is 12.5 Å². The molecular weight excluding hydrogens is 335 g/mol. The summed E-state index contributed by atoms with van der Waals surface area (Å²) >= 11 is 5.67. The molecule has 0 saturated heterocycles. The number of amides is 2. The first-order valence-corrected chi connectivity index (χ1v) is 8.46. The van der Waals surface area contributed by atoms with E-state index in [2.05, 4.69) is 15.4 Å². The zero-order valence-electron chi connectivity index (χ0n) is 13.6. The molecule has 1 unspecified atom stereocenters. The standard InChI is InChI=1S/C17H22ClFN2O3/c1-24-17(23)21-15(10-11-7-8-13(18)14(19)9-11)16(22)20-12-5-3-2-4-6-12/h7-9,12,15H,2-6,10H2,1H3,(H,20,22)(H,21,23). The van der Waals surface area contributed by atoms with Gasteiger partial charge in [-0.05, 0) is 30.5 Å². The number of benzene rings is 1. The van der Waals surface area contributed by atoms with Crippen molar-refractivity contribution in [2.45, 2.75) is 50.6 Å². The van der Waals surface area contributed by atoms with Gasteiger partial charge in [0.2, 0.25) is 5.91 Å². The average Bonchev–Trinajstić information content (AvgIpc) is 2.58. The van der Waals surface area contributed by atoms with Gasteiger partial charge in [0.1, 0.15) is 11.9 Å². The third-order valence-corrected chi connectivity index (χ3v) is 4.48. The highest BCUT2D eigenvalue weighted by Gasteiger charge is 2.25. The normalized spacial score (nSPS) is 16.3. The minimum absolute atomic E-state index is 0.0166. The maximum Gasteiger partial charge on any atom is 0.407 e. The average molecular weight is 357 g/mol. The van der Waals surface area contributed by atoms with E-state index in [1.807, 2.05) is 0 Å². The summed E-state index contributed by atoms with van der Waals surface area (Å²) in [6, 6.07) is 3.61. The van der Waals surface area contributed by atoms with Gasteiger partial charge >= 0.3 is 6.09 Å². The van der Waals surface area contributed by atoms with Gasteiger partial charge in [0.05, 0.1) is 12.1 Å². The van der Waals surface area contributed by atoms with E-state index < -0.39 is 18.0 Å². The number of halogens is 2. The molecule has 0 aliphatic heterocycles. The van der Waals surface area contributed by atoms with Gasteiger partial charge in [0.15, 0.2) is 0 Å². The molecule has 2 rings (SSSR count). The summed E-state index contributed by atoms with van der Waals surface area (Å²) in [6.07, 6.45) is 4.68. The Balaban J connectivity index is 2.06. The Labute approximate surface area is 145 Å². The Bertz CT molecular complexity index is 591. The molecule has 1 saturated carbocycles. The molecule has 0 spiro atoms. The van der Waals surface area contributed by atoms with Gasteiger partial charge in [0.25, 0.3) is 0 Å². The van der Waals surface area contributed by atoms with E-state index >= 15 is 0 Å². The van der Waals surface area contributed by atoms with Crippen molar-refractivity contribution in [1.29, 1.82) is 0 Å². The summed E-state index contributed by atoms with van der Waals surface area (Å²) in [5, 5.41) is 5.49. The Morgan fingerprint density at radius 1 is 1.33 bits per heavy atom. The number of methoxy groups -OCH3 is 1. The van der Waals surface area contributed by atoms with E-state index in [0.29, 0.717) is 5.56 Å². The van der Waals surface area contributed by atoms with E-state index in [9.17, 15) is 14.0 Å². The van der Waals surface area contributed by atoms with Gasteiger partial charge in [-0.1, -0.05) is 36.9 Å². The van der Waals surface area contributed by atoms with Crippen LogP contribution in [0.2, 0.25) is 5.02 Å². The molecule has 2 N–H and O–H groups in total. The largest absolute Gasteiger partial charge is 0.453 e. The fourth-order valence-corrected chi connectivity index (χ4v) is 2.98. The van der Waals surface area contributed by atoms with Crippen molar-refractivity contribution in [3.63, 3.8) is 0 Å². The van der Waals surface area contributed by atoms with Crippen molar-refractivity contribution >= 4 is 23.6 Å². The molecule has 1 fully saturated rings. The fraction of sp³-hybridized carbons (Fsp3) is 0.529. The molecule has 1 aliphatic rings. The third kappa shape index (κ3) is 5.37. The van der Waals surface area contributed by atoms with E-state index in [0.717, 1.165) is 25.7 Å². The smallest absolute Gasteiger partial charge is 0.407 e. The topological polar surface area (TPSA) is 67.4 Å². The Hall–Kier alpha value is -1.82. The molecule has 1 aliphatic carbocycles. The Morgan fingerprint density at radius 2 is 2.04 bits per heavy atom. The van der Waals surface area contributed by atoms with Crippen LogP contribution in [-0.4, -0.2) is 31.2 Å². The number of ether oxygens (including phenoxy) is 1. The van der Waals surface area contributed by atoms with E-state index in [4.69, 9.17) is 11.6 Å². The van der Waals surface area contributed by atoms with Crippen molar-refractivity contribution in [2.75, 3.05) is 7.11 Å². The second kappa shape index (κ2) is 8.87. The lowest BCUT2D eigenvalue weighted by Gasteiger charge is -2.26. The Kier molecular flexibility index (Phi) is 6.85. The van der Waals surface area contributed by atoms with Crippen LogP contribution in [0.4, 0.5) is 9.18 Å². The molecular formula is C17H22ClFN2O3. The summed E-state index contributed by atoms with van der Waals surface area (Å²) in [5.74, 6) is -0.846. The number of nitrogens with one attached hydrogen (secondary N) is 2. The van der Waals surface area contributed by atoms with E-state index in [-0.39, 0.29) is 23.4 Å². The van der Waals surface area contributed by atoms with Crippen LogP contribution in [0.15, 0.2) is 18.2 Å². The molecule has 0 radical (unpaired) electrons. The van der Waals surface area contributed by atoms with Crippen LogP contribution in [-0.2, 0) is 16.0 Å². The third-order valence-electron chi connectivity index (χ3n) is 4.17. The quantitative estimate of drug-likeness (QED) is 0.851. The first kappa shape index (κ1) is 18.5. The molecule has 5 nitrogen and oxygen atoms in total. The molecule has 0 aromatic heterocycles. The summed E-state index contributed by atoms with van der Waals surface area (Å²) in [4.78, 5) is 24.0. The number of hydrogen-bond acceptors (Lipinski definition) is 3. The highest BCUT2D eigenvalue weighted by atomic mass is 35.5. The van der Waals surface area contributed by atoms with Crippen molar-refractivity contribution in [3.05, 3.63) is 34.6 Å². The predicted octanol–water partition coefficient (Wildman–Crippen LogP) is 3.20. The van der Waals surface area contributed by atoms with Gasteiger partial charge in [-0.25, -0.2) is 9.18 Å². The van der Waals surface area contributed by atoms with Crippen LogP contribution in [0.3, 0.4) is 0 Å². The van der Waals surface area contributed by atoms with Gasteiger partial charge < -0.3 is 15.4 Å². The van der Waals surface area contributed by atoms with E-state index in [1.165, 1.54) is 25.7 Å². The zero-order chi connectivity index (χ0) is 17.5. The lowest BCUT2D eigenvalue weighted by atomic mass is 9.95. The summed E-state index contributed by atoms with van der Waals surface area (Å²) in [5.41, 5.74) is 0.567. The van der Waals surface area contributed by atoms with Gasteiger partial charge in [-0.2, -0.15) is 0 Å². The number of carbonyl (C=O) groups excluding carboxylic acids is 2. The highest BCUT2D eigenvalue weighted by molar-refractivity contribution is 6.30. The molecule has 0 bridgehead atoms. The van der Waals surface area contributed by atoms with Crippen LogP contribution in [0, 0.1) is 5.82 Å². The highest BCUT2D eigenvalue weighted by Crippen LogP contribution is 2.19. The van der Waals surface area contributed by atoms with Crippen molar-refractivity contribution in [3.8, 4) is 0 Å². The molecule has 7 heteroatoms. The number of hydrogen-bond donors (Lipinski definition) is 2. The molecule has 2 amide bonds. The van der Waals surface area contributed by atoms with E-state index in [1.54, 1.807) is 6.07 Å². The number of rotatable bonds is 5. The monoisotopic (exact) mass is 356 g/mol. The molecule has 1 aromatic rings. The second-order valence-electron chi connectivity index (χ2n) is 5.98. The van der Waals surface area contributed by atoms with Crippen molar-refractivity contribution in [2.24, 2.45) is 0 Å². The van der Waals surface area contributed by atoms with Crippen LogP contribution < -0.4 is 10.6 Å². The molecule has 1 aromatic carbocycles. The maximum atomic E-state index is 13.6. The van der Waals surface area contributed by atoms with Gasteiger partial charge in [-0.15, -0.1) is 0 Å². The molecule has 0 heterocycles. The molecule has 1 atom stereocenters. The SMILES string of the molecule is COC(=O)NC(Cc1ccc(Cl)c(F)c1)C(=O)NC1CCCCC1. The number of carbonyl (C=O) groups is 2. The summed E-state index contributed by atoms with van der Waals surface area (Å²) in [6.45, 7) is 0. The second-order valence-corrected chi connectivity index (χ2v) is 6.39. The van der Waals surface area contributed by atoms with Crippen molar-refractivity contribution in [1.82, 2.24) is 10.6 Å². The molecule has 132 valence electrons. The predicted molar refractivity (Wildman–Crippen MR) is 89.5 cm³/mol. The first-order chi connectivity index (χ1) is 11.5. The minimum atomic E-state index is -0.833. The van der Waals surface area contributed by atoms with Gasteiger partial charge in [-0.3, -0.25) is 4.79 Å².